The Labute approximate surface area is 234 Å². The van der Waals surface area contributed by atoms with Crippen LogP contribution < -0.4 is 5.32 Å². The maximum Gasteiger partial charge on any atom is 0.343 e. The zero-order chi connectivity index (χ0) is 28.3. The van der Waals surface area contributed by atoms with Crippen molar-refractivity contribution in [3.05, 3.63) is 0 Å². The van der Waals surface area contributed by atoms with Gasteiger partial charge in [-0.1, -0.05) is 136 Å². The van der Waals surface area contributed by atoms with Crippen molar-refractivity contribution in [2.24, 2.45) is 0 Å². The van der Waals surface area contributed by atoms with Gasteiger partial charge in [0.1, 0.15) is 0 Å². The van der Waals surface area contributed by atoms with Crippen molar-refractivity contribution in [2.45, 2.75) is 174 Å². The molecule has 0 aliphatic heterocycles. The van der Waals surface area contributed by atoms with Crippen LogP contribution in [0.4, 0.5) is 0 Å². The van der Waals surface area contributed by atoms with Crippen LogP contribution in [0.1, 0.15) is 169 Å². The number of rotatable bonds is 27. The van der Waals surface area contributed by atoms with E-state index in [0.717, 1.165) is 19.3 Å². The Morgan fingerprint density at radius 1 is 0.500 bits per heavy atom. The molecule has 1 amide bonds. The van der Waals surface area contributed by atoms with Gasteiger partial charge < -0.3 is 14.8 Å². The van der Waals surface area contributed by atoms with E-state index in [1.807, 2.05) is 0 Å². The Kier molecular flexibility index (Phi) is 24.6. The fraction of sp³-hybridized carbons (Fsp3) is 0.906. The number of ether oxygens (including phenoxy) is 2. The summed E-state index contributed by atoms with van der Waals surface area (Å²) in [7, 11) is 0. The lowest BCUT2D eigenvalue weighted by Crippen LogP contribution is -2.61. The lowest BCUT2D eigenvalue weighted by Gasteiger charge is -2.30. The fourth-order valence-electron chi connectivity index (χ4n) is 4.93. The van der Waals surface area contributed by atoms with Gasteiger partial charge in [0.05, 0.1) is 13.2 Å². The summed E-state index contributed by atoms with van der Waals surface area (Å²) < 4.78 is 10.3. The highest BCUT2D eigenvalue weighted by atomic mass is 16.6. The average molecular weight is 540 g/mol. The predicted molar refractivity (Wildman–Crippen MR) is 157 cm³/mol. The third-order valence-electron chi connectivity index (χ3n) is 7.33. The molecule has 0 bridgehead atoms. The molecule has 6 nitrogen and oxygen atoms in total. The Hall–Kier alpha value is -1.59. The van der Waals surface area contributed by atoms with Crippen LogP contribution >= 0.6 is 0 Å². The van der Waals surface area contributed by atoms with E-state index in [-0.39, 0.29) is 32.0 Å². The van der Waals surface area contributed by atoms with Gasteiger partial charge in [0.25, 0.3) is 0 Å². The average Bonchev–Trinajstić information content (AvgIpc) is 2.91. The summed E-state index contributed by atoms with van der Waals surface area (Å²) in [5, 5.41) is 2.62. The van der Waals surface area contributed by atoms with Crippen molar-refractivity contribution < 1.29 is 23.9 Å². The second-order valence-corrected chi connectivity index (χ2v) is 10.7. The van der Waals surface area contributed by atoms with Gasteiger partial charge in [0, 0.05) is 6.42 Å². The molecular formula is C32H61NO5. The minimum Gasteiger partial charge on any atom is -0.464 e. The molecule has 38 heavy (non-hydrogen) atoms. The molecule has 0 atom stereocenters. The number of hydrogen-bond donors (Lipinski definition) is 1. The number of esters is 2. The van der Waals surface area contributed by atoms with Gasteiger partial charge in [-0.15, -0.1) is 0 Å². The summed E-state index contributed by atoms with van der Waals surface area (Å²) in [6.07, 6.45) is 26.2. The van der Waals surface area contributed by atoms with Crippen molar-refractivity contribution in [1.82, 2.24) is 5.32 Å². The van der Waals surface area contributed by atoms with E-state index in [2.05, 4.69) is 12.2 Å². The minimum atomic E-state index is -1.74. The lowest BCUT2D eigenvalue weighted by atomic mass is 9.91. The zero-order valence-electron chi connectivity index (χ0n) is 25.5. The van der Waals surface area contributed by atoms with Crippen LogP contribution in [0.5, 0.6) is 0 Å². The molecule has 0 heterocycles. The van der Waals surface area contributed by atoms with Crippen LogP contribution in [0.3, 0.4) is 0 Å². The molecule has 0 aromatic carbocycles. The minimum absolute atomic E-state index is 0.140. The Morgan fingerprint density at radius 2 is 0.816 bits per heavy atom. The maximum absolute atomic E-state index is 12.7. The van der Waals surface area contributed by atoms with Gasteiger partial charge in [0.2, 0.25) is 11.4 Å². The second-order valence-electron chi connectivity index (χ2n) is 10.7. The molecular weight excluding hydrogens is 478 g/mol. The molecule has 0 aromatic heterocycles. The molecule has 0 rings (SSSR count). The SMILES string of the molecule is CCCCCCCCCCCCCCCCCCCCCCC(NC(=O)CC)(C(=O)OCC)C(=O)OCC. The third kappa shape index (κ3) is 17.8. The molecule has 0 radical (unpaired) electrons. The molecule has 0 aliphatic carbocycles. The quantitative estimate of drug-likeness (QED) is 0.0642. The van der Waals surface area contributed by atoms with Gasteiger partial charge in [-0.2, -0.15) is 0 Å². The van der Waals surface area contributed by atoms with Crippen LogP contribution in [0.2, 0.25) is 0 Å². The van der Waals surface area contributed by atoms with Crippen molar-refractivity contribution in [2.75, 3.05) is 13.2 Å². The first-order chi connectivity index (χ1) is 18.5. The standard InChI is InChI=1S/C32H61NO5/c1-5-9-10-11-12-13-14-15-16-17-18-19-20-21-22-23-24-25-26-27-28-32(30(35)37-7-3,31(36)38-8-4)33-29(34)6-2/h5-28H2,1-4H3,(H,33,34). The number of hydrogen-bond acceptors (Lipinski definition) is 5. The molecule has 6 heteroatoms. The fourth-order valence-corrected chi connectivity index (χ4v) is 4.93. The van der Waals surface area contributed by atoms with Gasteiger partial charge in [-0.3, -0.25) is 4.79 Å². The molecule has 0 unspecified atom stereocenters. The maximum atomic E-state index is 12.7. The summed E-state index contributed by atoms with van der Waals surface area (Å²) in [6, 6.07) is 0. The van der Waals surface area contributed by atoms with E-state index in [1.54, 1.807) is 20.8 Å². The van der Waals surface area contributed by atoms with E-state index in [0.29, 0.717) is 6.42 Å². The van der Waals surface area contributed by atoms with Crippen LogP contribution in [-0.4, -0.2) is 36.6 Å². The molecule has 0 aliphatic rings. The normalized spacial score (nSPS) is 11.4. The molecule has 1 N–H and O–H groups in total. The molecule has 0 aromatic rings. The van der Waals surface area contributed by atoms with Crippen molar-refractivity contribution in [1.29, 1.82) is 0 Å². The van der Waals surface area contributed by atoms with Gasteiger partial charge in [-0.25, -0.2) is 9.59 Å². The van der Waals surface area contributed by atoms with E-state index in [9.17, 15) is 14.4 Å². The highest BCUT2D eigenvalue weighted by Crippen LogP contribution is 2.22. The van der Waals surface area contributed by atoms with Crippen molar-refractivity contribution >= 4 is 17.8 Å². The first kappa shape index (κ1) is 36.4. The van der Waals surface area contributed by atoms with E-state index in [4.69, 9.17) is 9.47 Å². The van der Waals surface area contributed by atoms with Crippen LogP contribution in [-0.2, 0) is 23.9 Å². The monoisotopic (exact) mass is 539 g/mol. The number of carbonyl (C=O) groups excluding carboxylic acids is 3. The summed E-state index contributed by atoms with van der Waals surface area (Å²) in [5.74, 6) is -1.81. The summed E-state index contributed by atoms with van der Waals surface area (Å²) in [6.45, 7) is 7.62. The molecule has 0 fully saturated rings. The lowest BCUT2D eigenvalue weighted by molar-refractivity contribution is -0.168. The van der Waals surface area contributed by atoms with Gasteiger partial charge >= 0.3 is 11.9 Å². The van der Waals surface area contributed by atoms with E-state index in [1.165, 1.54) is 103 Å². The molecule has 224 valence electrons. The zero-order valence-corrected chi connectivity index (χ0v) is 25.5. The molecule has 0 spiro atoms. The molecule has 0 saturated heterocycles. The van der Waals surface area contributed by atoms with Crippen LogP contribution in [0.25, 0.3) is 0 Å². The Morgan fingerprint density at radius 3 is 1.11 bits per heavy atom. The topological polar surface area (TPSA) is 81.7 Å². The van der Waals surface area contributed by atoms with Crippen LogP contribution in [0, 0.1) is 0 Å². The molecule has 0 saturated carbocycles. The number of unbranched alkanes of at least 4 members (excludes halogenated alkanes) is 19. The third-order valence-corrected chi connectivity index (χ3v) is 7.33. The smallest absolute Gasteiger partial charge is 0.343 e. The van der Waals surface area contributed by atoms with Crippen LogP contribution in [0.15, 0.2) is 0 Å². The Bertz CT molecular complexity index is 574. The van der Waals surface area contributed by atoms with E-state index >= 15 is 0 Å². The second kappa shape index (κ2) is 25.7. The number of nitrogens with one attached hydrogen (secondary N) is 1. The van der Waals surface area contributed by atoms with Gasteiger partial charge in [0.15, 0.2) is 0 Å². The number of carbonyl (C=O) groups is 3. The first-order valence-electron chi connectivity index (χ1n) is 16.1. The van der Waals surface area contributed by atoms with Gasteiger partial charge in [-0.05, 0) is 26.7 Å². The first-order valence-corrected chi connectivity index (χ1v) is 16.1. The summed E-state index contributed by atoms with van der Waals surface area (Å²) in [4.78, 5) is 37.6. The number of amides is 1. The highest BCUT2D eigenvalue weighted by molar-refractivity contribution is 6.07. The van der Waals surface area contributed by atoms with Crippen molar-refractivity contribution in [3.8, 4) is 0 Å². The van der Waals surface area contributed by atoms with Crippen molar-refractivity contribution in [3.63, 3.8) is 0 Å². The highest BCUT2D eigenvalue weighted by Gasteiger charge is 2.49. The predicted octanol–water partition coefficient (Wildman–Crippen LogP) is 8.59. The summed E-state index contributed by atoms with van der Waals surface area (Å²) >= 11 is 0. The largest absolute Gasteiger partial charge is 0.464 e. The Balaban J connectivity index is 3.94. The van der Waals surface area contributed by atoms with E-state index < -0.39 is 17.5 Å². The summed E-state index contributed by atoms with van der Waals surface area (Å²) in [5.41, 5.74) is -1.74.